The third-order valence-corrected chi connectivity index (χ3v) is 4.05. The number of aliphatic hydroxyl groups excluding tert-OH is 2. The minimum atomic E-state index is -0.390. The first-order valence-electron chi connectivity index (χ1n) is 7.28. The molecule has 0 aromatic carbocycles. The molecular weight excluding hydrogens is 228 g/mol. The van der Waals surface area contributed by atoms with Crippen molar-refractivity contribution in [3.8, 4) is 0 Å². The smallest absolute Gasteiger partial charge is 0.0518 e. The summed E-state index contributed by atoms with van der Waals surface area (Å²) in [4.78, 5) is 2.57. The monoisotopic (exact) mass is 258 g/mol. The molecule has 0 spiro atoms. The van der Waals surface area contributed by atoms with Gasteiger partial charge in [-0.25, -0.2) is 0 Å². The van der Waals surface area contributed by atoms with Gasteiger partial charge in [-0.1, -0.05) is 13.3 Å². The predicted molar refractivity (Wildman–Crippen MR) is 74.7 cm³/mol. The van der Waals surface area contributed by atoms with Crippen LogP contribution in [0.2, 0.25) is 0 Å². The Morgan fingerprint density at radius 1 is 1.28 bits per heavy atom. The van der Waals surface area contributed by atoms with Gasteiger partial charge in [-0.3, -0.25) is 0 Å². The lowest BCUT2D eigenvalue weighted by Gasteiger charge is -2.33. The van der Waals surface area contributed by atoms with Crippen molar-refractivity contribution < 1.29 is 10.2 Å². The summed E-state index contributed by atoms with van der Waals surface area (Å²) in [5.74, 6) is 0. The molecule has 1 aliphatic rings. The molecule has 0 radical (unpaired) electrons. The fraction of sp³-hybridized carbons (Fsp3) is 1.00. The van der Waals surface area contributed by atoms with Crippen LogP contribution < -0.4 is 5.32 Å². The van der Waals surface area contributed by atoms with Gasteiger partial charge in [0.25, 0.3) is 0 Å². The Morgan fingerprint density at radius 2 is 2.00 bits per heavy atom. The zero-order valence-electron chi connectivity index (χ0n) is 12.0. The van der Waals surface area contributed by atoms with Crippen molar-refractivity contribution in [2.45, 2.75) is 45.6 Å². The normalized spacial score (nSPS) is 22.3. The highest BCUT2D eigenvalue weighted by Gasteiger charge is 2.21. The number of rotatable bonds is 8. The van der Waals surface area contributed by atoms with Crippen LogP contribution in [0, 0.1) is 5.41 Å². The van der Waals surface area contributed by atoms with Crippen LogP contribution in [0.25, 0.3) is 0 Å². The van der Waals surface area contributed by atoms with Crippen molar-refractivity contribution in [2.24, 2.45) is 5.41 Å². The Morgan fingerprint density at radius 3 is 2.61 bits per heavy atom. The molecule has 0 bridgehead atoms. The summed E-state index contributed by atoms with van der Waals surface area (Å²) in [5, 5.41) is 21.7. The van der Waals surface area contributed by atoms with Crippen molar-refractivity contribution in [2.75, 3.05) is 39.4 Å². The van der Waals surface area contributed by atoms with E-state index in [-0.39, 0.29) is 13.2 Å². The van der Waals surface area contributed by atoms with E-state index < -0.39 is 5.41 Å². The third kappa shape index (κ3) is 5.22. The molecule has 18 heavy (non-hydrogen) atoms. The zero-order chi connectivity index (χ0) is 13.4. The molecule has 0 aromatic heterocycles. The zero-order valence-corrected chi connectivity index (χ0v) is 12.0. The van der Waals surface area contributed by atoms with Gasteiger partial charge in [0.15, 0.2) is 0 Å². The van der Waals surface area contributed by atoms with Crippen LogP contribution in [0.5, 0.6) is 0 Å². The maximum atomic E-state index is 9.17. The van der Waals surface area contributed by atoms with Gasteiger partial charge in [-0.2, -0.15) is 0 Å². The molecule has 0 saturated carbocycles. The second-order valence-corrected chi connectivity index (χ2v) is 6.04. The number of hydrogen-bond donors (Lipinski definition) is 3. The van der Waals surface area contributed by atoms with Crippen molar-refractivity contribution in [1.82, 2.24) is 10.2 Å². The highest BCUT2D eigenvalue weighted by Crippen LogP contribution is 2.16. The summed E-state index contributed by atoms with van der Waals surface area (Å²) in [7, 11) is 0. The summed E-state index contributed by atoms with van der Waals surface area (Å²) in [5.41, 5.74) is -0.390. The molecular formula is C14H30N2O2. The summed E-state index contributed by atoms with van der Waals surface area (Å²) in [6.45, 7) is 8.30. The largest absolute Gasteiger partial charge is 0.396 e. The van der Waals surface area contributed by atoms with E-state index in [1.54, 1.807) is 0 Å². The molecule has 108 valence electrons. The van der Waals surface area contributed by atoms with Gasteiger partial charge < -0.3 is 20.4 Å². The van der Waals surface area contributed by atoms with Crippen molar-refractivity contribution >= 4 is 0 Å². The van der Waals surface area contributed by atoms with E-state index in [1.807, 2.05) is 6.92 Å². The maximum absolute atomic E-state index is 9.17. The quantitative estimate of drug-likeness (QED) is 0.565. The van der Waals surface area contributed by atoms with Crippen LogP contribution in [0.4, 0.5) is 0 Å². The second-order valence-electron chi connectivity index (χ2n) is 6.04. The molecule has 1 rings (SSSR count). The fourth-order valence-corrected chi connectivity index (χ4v) is 2.45. The van der Waals surface area contributed by atoms with Crippen molar-refractivity contribution in [3.05, 3.63) is 0 Å². The lowest BCUT2D eigenvalue weighted by atomic mass is 9.93. The molecule has 1 aliphatic heterocycles. The van der Waals surface area contributed by atoms with E-state index in [2.05, 4.69) is 17.1 Å². The average molecular weight is 258 g/mol. The summed E-state index contributed by atoms with van der Waals surface area (Å²) >= 11 is 0. The molecule has 0 aliphatic carbocycles. The number of nitrogens with zero attached hydrogens (tertiary/aromatic N) is 1. The lowest BCUT2D eigenvalue weighted by Crippen LogP contribution is -2.41. The Balaban J connectivity index is 2.07. The molecule has 4 nitrogen and oxygen atoms in total. The van der Waals surface area contributed by atoms with E-state index in [9.17, 15) is 10.2 Å². The van der Waals surface area contributed by atoms with E-state index in [1.165, 1.54) is 25.8 Å². The van der Waals surface area contributed by atoms with Crippen LogP contribution in [0.15, 0.2) is 0 Å². The van der Waals surface area contributed by atoms with Gasteiger partial charge in [0.2, 0.25) is 0 Å². The molecule has 1 atom stereocenters. The molecule has 4 heteroatoms. The van der Waals surface area contributed by atoms with Crippen LogP contribution in [-0.4, -0.2) is 60.5 Å². The highest BCUT2D eigenvalue weighted by molar-refractivity contribution is 4.76. The molecule has 0 amide bonds. The highest BCUT2D eigenvalue weighted by atomic mass is 16.3. The molecule has 1 saturated heterocycles. The third-order valence-electron chi connectivity index (χ3n) is 4.05. The molecule has 0 aromatic rings. The molecule has 1 unspecified atom stereocenters. The van der Waals surface area contributed by atoms with Crippen LogP contribution in [0.3, 0.4) is 0 Å². The first kappa shape index (κ1) is 15.9. The number of piperidine rings is 1. The second kappa shape index (κ2) is 8.10. The van der Waals surface area contributed by atoms with Crippen LogP contribution in [0.1, 0.15) is 39.5 Å². The molecule has 3 N–H and O–H groups in total. The number of hydrogen-bond acceptors (Lipinski definition) is 4. The first-order valence-corrected chi connectivity index (χ1v) is 7.28. The summed E-state index contributed by atoms with van der Waals surface area (Å²) < 4.78 is 0. The van der Waals surface area contributed by atoms with Gasteiger partial charge in [-0.05, 0) is 45.8 Å². The van der Waals surface area contributed by atoms with Gasteiger partial charge in [0.05, 0.1) is 13.2 Å². The van der Waals surface area contributed by atoms with E-state index in [0.29, 0.717) is 6.54 Å². The van der Waals surface area contributed by atoms with Crippen LogP contribution >= 0.6 is 0 Å². The Labute approximate surface area is 111 Å². The number of nitrogens with one attached hydrogen (secondary N) is 1. The maximum Gasteiger partial charge on any atom is 0.0518 e. The van der Waals surface area contributed by atoms with Crippen LogP contribution in [-0.2, 0) is 0 Å². The minimum absolute atomic E-state index is 0.0274. The Kier molecular flexibility index (Phi) is 7.15. The topological polar surface area (TPSA) is 55.7 Å². The minimum Gasteiger partial charge on any atom is -0.396 e. The van der Waals surface area contributed by atoms with Gasteiger partial charge in [-0.15, -0.1) is 0 Å². The van der Waals surface area contributed by atoms with Gasteiger partial charge in [0, 0.05) is 18.0 Å². The number of likely N-dealkylation sites (tertiary alicyclic amines) is 1. The summed E-state index contributed by atoms with van der Waals surface area (Å²) in [6, 6.07) is 0.735. The Hall–Kier alpha value is -0.160. The lowest BCUT2D eigenvalue weighted by molar-refractivity contribution is 0.0694. The standard InChI is InChI=1S/C14H30N2O2/c1-13-6-3-4-8-16(13)9-5-7-15-10-14(2,11-17)12-18/h13,15,17-18H,3-12H2,1-2H3. The van der Waals surface area contributed by atoms with E-state index in [0.717, 1.165) is 25.6 Å². The first-order chi connectivity index (χ1) is 8.61. The fourth-order valence-electron chi connectivity index (χ4n) is 2.45. The number of aliphatic hydroxyl groups is 2. The van der Waals surface area contributed by atoms with Gasteiger partial charge >= 0.3 is 0 Å². The van der Waals surface area contributed by atoms with Crippen molar-refractivity contribution in [3.63, 3.8) is 0 Å². The SMILES string of the molecule is CC1CCCCN1CCCNCC(C)(CO)CO. The molecule has 1 heterocycles. The van der Waals surface area contributed by atoms with E-state index >= 15 is 0 Å². The summed E-state index contributed by atoms with van der Waals surface area (Å²) in [6.07, 6.45) is 5.18. The van der Waals surface area contributed by atoms with Gasteiger partial charge in [0.1, 0.15) is 0 Å². The Bertz CT molecular complexity index is 220. The molecule has 1 fully saturated rings. The van der Waals surface area contributed by atoms with E-state index in [4.69, 9.17) is 0 Å². The predicted octanol–water partition coefficient (Wildman–Crippen LogP) is 0.831. The average Bonchev–Trinajstić information content (AvgIpc) is 2.40. The van der Waals surface area contributed by atoms with Crippen molar-refractivity contribution in [1.29, 1.82) is 0 Å².